The minimum absolute atomic E-state index is 0.0954. The van der Waals surface area contributed by atoms with Crippen LogP contribution in [0.1, 0.15) is 10.5 Å². The fourth-order valence-corrected chi connectivity index (χ4v) is 3.33. The molecule has 2 N–H and O–H groups in total. The Bertz CT molecular complexity index is 969. The maximum Gasteiger partial charge on any atom is 0.274 e. The van der Waals surface area contributed by atoms with Crippen molar-refractivity contribution in [1.82, 2.24) is 14.9 Å². The second kappa shape index (κ2) is 6.80. The van der Waals surface area contributed by atoms with Gasteiger partial charge in [0.05, 0.1) is 28.6 Å². The third-order valence-corrected chi connectivity index (χ3v) is 4.80. The summed E-state index contributed by atoms with van der Waals surface area (Å²) < 4.78 is 0. The number of nitrogens with two attached hydrogens (primary N) is 1. The van der Waals surface area contributed by atoms with E-state index in [9.17, 15) is 4.79 Å². The Morgan fingerprint density at radius 1 is 1.04 bits per heavy atom. The van der Waals surface area contributed by atoms with Crippen molar-refractivity contribution < 1.29 is 4.79 Å². The zero-order valence-corrected chi connectivity index (χ0v) is 14.9. The molecule has 4 rings (SSSR count). The van der Waals surface area contributed by atoms with Gasteiger partial charge in [0, 0.05) is 31.2 Å². The van der Waals surface area contributed by atoms with Crippen LogP contribution in [0.3, 0.4) is 0 Å². The normalized spacial score (nSPS) is 14.7. The number of fused-ring (bicyclic) bond motifs is 1. The third kappa shape index (κ3) is 3.15. The van der Waals surface area contributed by atoms with Crippen molar-refractivity contribution in [2.24, 2.45) is 0 Å². The van der Waals surface area contributed by atoms with Crippen LogP contribution in [0.4, 0.5) is 11.4 Å². The van der Waals surface area contributed by atoms with E-state index in [1.54, 1.807) is 23.2 Å². The molecular weight excluding hydrogens is 350 g/mol. The van der Waals surface area contributed by atoms with E-state index in [0.717, 1.165) is 16.7 Å². The summed E-state index contributed by atoms with van der Waals surface area (Å²) in [5, 5.41) is 0.652. The van der Waals surface area contributed by atoms with Crippen LogP contribution in [0.5, 0.6) is 0 Å². The van der Waals surface area contributed by atoms with Crippen LogP contribution < -0.4 is 10.6 Å². The molecule has 132 valence electrons. The predicted molar refractivity (Wildman–Crippen MR) is 104 cm³/mol. The van der Waals surface area contributed by atoms with Crippen LogP contribution in [0.2, 0.25) is 5.02 Å². The monoisotopic (exact) mass is 367 g/mol. The Balaban J connectivity index is 1.48. The molecule has 0 atom stereocenters. The molecule has 1 aliphatic heterocycles. The highest BCUT2D eigenvalue weighted by molar-refractivity contribution is 6.31. The van der Waals surface area contributed by atoms with Crippen LogP contribution in [-0.2, 0) is 0 Å². The number of aromatic nitrogens is 2. The van der Waals surface area contributed by atoms with Gasteiger partial charge in [-0.3, -0.25) is 9.78 Å². The Labute approximate surface area is 156 Å². The number of hydrogen-bond donors (Lipinski definition) is 1. The van der Waals surface area contributed by atoms with E-state index >= 15 is 0 Å². The molecule has 0 unspecified atom stereocenters. The number of rotatable bonds is 2. The van der Waals surface area contributed by atoms with Gasteiger partial charge in [0.2, 0.25) is 0 Å². The fourth-order valence-electron chi connectivity index (χ4n) is 3.16. The molecule has 0 spiro atoms. The lowest BCUT2D eigenvalue weighted by Gasteiger charge is -2.36. The smallest absolute Gasteiger partial charge is 0.274 e. The third-order valence-electron chi connectivity index (χ3n) is 4.57. The van der Waals surface area contributed by atoms with Crippen LogP contribution in [0.25, 0.3) is 11.0 Å². The second-order valence-electron chi connectivity index (χ2n) is 6.23. The first-order chi connectivity index (χ1) is 12.6. The van der Waals surface area contributed by atoms with E-state index in [0.29, 0.717) is 42.6 Å². The lowest BCUT2D eigenvalue weighted by molar-refractivity contribution is 0.0741. The van der Waals surface area contributed by atoms with Crippen LogP contribution >= 0.6 is 11.6 Å². The fraction of sp³-hybridized carbons (Fsp3) is 0.211. The number of hydrogen-bond acceptors (Lipinski definition) is 5. The van der Waals surface area contributed by atoms with Crippen molar-refractivity contribution in [1.29, 1.82) is 0 Å². The van der Waals surface area contributed by atoms with Crippen LogP contribution in [0, 0.1) is 0 Å². The number of benzene rings is 2. The Kier molecular flexibility index (Phi) is 4.34. The van der Waals surface area contributed by atoms with Crippen molar-refractivity contribution in [2.45, 2.75) is 0 Å². The Morgan fingerprint density at radius 3 is 2.54 bits per heavy atom. The van der Waals surface area contributed by atoms with Crippen molar-refractivity contribution in [3.63, 3.8) is 0 Å². The average Bonchev–Trinajstić information content (AvgIpc) is 2.69. The topological polar surface area (TPSA) is 75.3 Å². The number of halogens is 1. The zero-order valence-electron chi connectivity index (χ0n) is 14.1. The molecule has 1 aliphatic rings. The van der Waals surface area contributed by atoms with E-state index in [1.165, 1.54) is 0 Å². The summed E-state index contributed by atoms with van der Waals surface area (Å²) in [4.78, 5) is 25.5. The van der Waals surface area contributed by atoms with E-state index in [1.807, 2.05) is 30.3 Å². The number of amides is 1. The minimum atomic E-state index is -0.0954. The minimum Gasteiger partial charge on any atom is -0.397 e. The van der Waals surface area contributed by atoms with Crippen molar-refractivity contribution in [2.75, 3.05) is 36.8 Å². The maximum absolute atomic E-state index is 12.8. The number of para-hydroxylation sites is 2. The number of anilines is 2. The van der Waals surface area contributed by atoms with Crippen molar-refractivity contribution in [3.8, 4) is 0 Å². The lowest BCUT2D eigenvalue weighted by Crippen LogP contribution is -2.49. The van der Waals surface area contributed by atoms with E-state index in [4.69, 9.17) is 17.3 Å². The number of carbonyl (C=O) groups is 1. The maximum atomic E-state index is 12.8. The summed E-state index contributed by atoms with van der Waals surface area (Å²) in [6, 6.07) is 13.0. The number of piperazine rings is 1. The first-order valence-electron chi connectivity index (χ1n) is 8.43. The predicted octanol–water partition coefficient (Wildman–Crippen LogP) is 2.83. The first kappa shape index (κ1) is 16.6. The van der Waals surface area contributed by atoms with Gasteiger partial charge in [0.25, 0.3) is 5.91 Å². The highest BCUT2D eigenvalue weighted by atomic mass is 35.5. The summed E-state index contributed by atoms with van der Waals surface area (Å²) in [6.45, 7) is 2.58. The lowest BCUT2D eigenvalue weighted by atomic mass is 10.2. The van der Waals surface area contributed by atoms with E-state index < -0.39 is 0 Å². The highest BCUT2D eigenvalue weighted by Crippen LogP contribution is 2.28. The standard InChI is InChI=1S/C19H18ClN5O/c20-13-5-6-14(21)18(11-13)24-7-9-25(10-8-24)19(26)17-12-22-15-3-1-2-4-16(15)23-17/h1-6,11-12H,7-10,21H2. The van der Waals surface area contributed by atoms with Gasteiger partial charge in [-0.2, -0.15) is 0 Å². The van der Waals surface area contributed by atoms with Crippen LogP contribution in [0.15, 0.2) is 48.7 Å². The van der Waals surface area contributed by atoms with E-state index in [-0.39, 0.29) is 5.91 Å². The Morgan fingerprint density at radius 2 is 1.77 bits per heavy atom. The molecule has 1 fully saturated rings. The molecule has 1 amide bonds. The Hall–Kier alpha value is -2.86. The molecule has 2 aromatic carbocycles. The SMILES string of the molecule is Nc1ccc(Cl)cc1N1CCN(C(=O)c2cnc3ccccc3n2)CC1. The van der Waals surface area contributed by atoms with Gasteiger partial charge in [-0.25, -0.2) is 4.98 Å². The molecule has 26 heavy (non-hydrogen) atoms. The van der Waals surface area contributed by atoms with Gasteiger partial charge in [-0.05, 0) is 30.3 Å². The molecule has 7 heteroatoms. The summed E-state index contributed by atoms with van der Waals surface area (Å²) in [5.74, 6) is -0.0954. The molecule has 0 aliphatic carbocycles. The quantitative estimate of drug-likeness (QED) is 0.705. The van der Waals surface area contributed by atoms with Gasteiger partial charge < -0.3 is 15.5 Å². The number of nitrogen functional groups attached to an aromatic ring is 1. The summed E-state index contributed by atoms with van der Waals surface area (Å²) >= 11 is 6.08. The number of nitrogens with zero attached hydrogens (tertiary/aromatic N) is 4. The number of carbonyl (C=O) groups excluding carboxylic acids is 1. The summed E-state index contributed by atoms with van der Waals surface area (Å²) in [5.41, 5.74) is 9.54. The molecule has 1 aromatic heterocycles. The van der Waals surface area contributed by atoms with Crippen molar-refractivity contribution >= 4 is 39.9 Å². The van der Waals surface area contributed by atoms with Gasteiger partial charge >= 0.3 is 0 Å². The second-order valence-corrected chi connectivity index (χ2v) is 6.66. The molecule has 3 aromatic rings. The molecule has 1 saturated heterocycles. The highest BCUT2D eigenvalue weighted by Gasteiger charge is 2.24. The van der Waals surface area contributed by atoms with Gasteiger partial charge in [0.15, 0.2) is 0 Å². The summed E-state index contributed by atoms with van der Waals surface area (Å²) in [7, 11) is 0. The van der Waals surface area contributed by atoms with Crippen molar-refractivity contribution in [3.05, 3.63) is 59.4 Å². The van der Waals surface area contributed by atoms with Gasteiger partial charge in [0.1, 0.15) is 5.69 Å². The zero-order chi connectivity index (χ0) is 18.1. The van der Waals surface area contributed by atoms with Gasteiger partial charge in [-0.1, -0.05) is 23.7 Å². The molecule has 2 heterocycles. The van der Waals surface area contributed by atoms with E-state index in [2.05, 4.69) is 14.9 Å². The summed E-state index contributed by atoms with van der Waals surface area (Å²) in [6.07, 6.45) is 1.55. The molecule has 0 saturated carbocycles. The first-order valence-corrected chi connectivity index (χ1v) is 8.80. The average molecular weight is 368 g/mol. The van der Waals surface area contributed by atoms with Gasteiger partial charge in [-0.15, -0.1) is 0 Å². The molecule has 0 radical (unpaired) electrons. The largest absolute Gasteiger partial charge is 0.397 e. The molecular formula is C19H18ClN5O. The molecule has 0 bridgehead atoms. The molecule has 6 nitrogen and oxygen atoms in total. The van der Waals surface area contributed by atoms with Crippen LogP contribution in [-0.4, -0.2) is 47.0 Å².